The maximum absolute atomic E-state index is 14.0. The maximum Gasteiger partial charge on any atom is 0.407 e. The Labute approximate surface area is 168 Å². The minimum absolute atomic E-state index is 0.0441. The van der Waals surface area contributed by atoms with Crippen LogP contribution in [-0.4, -0.2) is 51.2 Å². The van der Waals surface area contributed by atoms with E-state index >= 15 is 0 Å². The van der Waals surface area contributed by atoms with Gasteiger partial charge in [-0.25, -0.2) is 14.2 Å². The Balaban J connectivity index is 1.90. The summed E-state index contributed by atoms with van der Waals surface area (Å²) in [5.74, 6) is -0.0183. The number of nitrogen functional groups attached to an aromatic ring is 1. The molecule has 3 N–H and O–H groups in total. The van der Waals surface area contributed by atoms with E-state index in [1.165, 1.54) is 17.0 Å². The van der Waals surface area contributed by atoms with Crippen molar-refractivity contribution < 1.29 is 14.3 Å². The van der Waals surface area contributed by atoms with Gasteiger partial charge in [-0.3, -0.25) is 0 Å². The van der Waals surface area contributed by atoms with Gasteiger partial charge in [0.2, 0.25) is 5.95 Å². The van der Waals surface area contributed by atoms with Crippen LogP contribution in [0.4, 0.5) is 21.0 Å². The van der Waals surface area contributed by atoms with E-state index in [1.807, 2.05) is 18.7 Å². The van der Waals surface area contributed by atoms with Crippen LogP contribution in [0.15, 0.2) is 24.3 Å². The fourth-order valence-electron chi connectivity index (χ4n) is 3.72. The summed E-state index contributed by atoms with van der Waals surface area (Å²) in [6, 6.07) is 7.45. The first-order chi connectivity index (χ1) is 13.8. The second kappa shape index (κ2) is 8.31. The smallest absolute Gasteiger partial charge is 0.407 e. The summed E-state index contributed by atoms with van der Waals surface area (Å²) in [4.78, 5) is 23.6. The second-order valence-electron chi connectivity index (χ2n) is 7.30. The molecule has 0 saturated carbocycles. The third-order valence-corrected chi connectivity index (χ3v) is 5.01. The first-order valence-corrected chi connectivity index (χ1v) is 9.41. The molecule has 29 heavy (non-hydrogen) atoms. The predicted molar refractivity (Wildman–Crippen MR) is 107 cm³/mol. The molecule has 0 unspecified atom stereocenters. The van der Waals surface area contributed by atoms with E-state index in [0.717, 1.165) is 12.8 Å². The molecule has 0 aliphatic carbocycles. The molecule has 1 aliphatic rings. The van der Waals surface area contributed by atoms with Crippen molar-refractivity contribution >= 4 is 17.9 Å². The van der Waals surface area contributed by atoms with Crippen LogP contribution in [0.5, 0.6) is 0 Å². The number of carbonyl (C=O) groups is 1. The predicted octanol–water partition coefficient (Wildman–Crippen LogP) is 3.09. The third-order valence-electron chi connectivity index (χ3n) is 5.01. The fraction of sp³-hybridized carbons (Fsp3) is 0.400. The molecule has 3 rings (SSSR count). The molecule has 1 fully saturated rings. The van der Waals surface area contributed by atoms with Crippen LogP contribution in [0.3, 0.4) is 0 Å². The van der Waals surface area contributed by atoms with E-state index in [9.17, 15) is 14.3 Å². The van der Waals surface area contributed by atoms with Gasteiger partial charge in [0.05, 0.1) is 17.3 Å². The first kappa shape index (κ1) is 20.3. The zero-order chi connectivity index (χ0) is 21.1. The molecule has 0 radical (unpaired) electrons. The Hall–Kier alpha value is -3.41. The molecule has 1 atom stereocenters. The summed E-state index contributed by atoms with van der Waals surface area (Å²) in [6.07, 6.45) is 0.643. The lowest BCUT2D eigenvalue weighted by molar-refractivity contribution is 0.101. The van der Waals surface area contributed by atoms with Crippen LogP contribution in [-0.2, 0) is 0 Å². The third kappa shape index (κ3) is 4.37. The van der Waals surface area contributed by atoms with Crippen molar-refractivity contribution in [3.63, 3.8) is 0 Å². The topological polar surface area (TPSA) is 119 Å². The second-order valence-corrected chi connectivity index (χ2v) is 7.30. The number of hydrogen-bond donors (Lipinski definition) is 2. The Bertz CT molecular complexity index is 958. The van der Waals surface area contributed by atoms with Gasteiger partial charge in [0, 0.05) is 30.8 Å². The largest absolute Gasteiger partial charge is 0.465 e. The normalized spacial score (nSPS) is 16.5. The van der Waals surface area contributed by atoms with E-state index in [1.54, 1.807) is 18.2 Å². The number of halogens is 1. The number of carboxylic acid groups (broad SMARTS) is 1. The van der Waals surface area contributed by atoms with Crippen LogP contribution in [0.1, 0.15) is 32.3 Å². The van der Waals surface area contributed by atoms with Crippen LogP contribution < -0.4 is 10.6 Å². The maximum atomic E-state index is 14.0. The molecule has 1 saturated heterocycles. The molecule has 8 nitrogen and oxygen atoms in total. The molecule has 1 aromatic heterocycles. The summed E-state index contributed by atoms with van der Waals surface area (Å²) in [7, 11) is 0. The summed E-state index contributed by atoms with van der Waals surface area (Å²) in [5, 5.41) is 18.5. The number of rotatable bonds is 4. The van der Waals surface area contributed by atoms with Crippen LogP contribution in [0.2, 0.25) is 0 Å². The number of nitrogens with zero attached hydrogens (tertiary/aromatic N) is 5. The lowest BCUT2D eigenvalue weighted by atomic mass is 10.0. The van der Waals surface area contributed by atoms with Gasteiger partial charge in [-0.05, 0) is 38.8 Å². The molecule has 9 heteroatoms. The van der Waals surface area contributed by atoms with Gasteiger partial charge in [0.1, 0.15) is 17.7 Å². The lowest BCUT2D eigenvalue weighted by Gasteiger charge is -2.40. The molecule has 0 spiro atoms. The number of piperidine rings is 1. The molecular formula is C20H23FN6O2. The zero-order valence-corrected chi connectivity index (χ0v) is 16.3. The number of anilines is 2. The van der Waals surface area contributed by atoms with Crippen molar-refractivity contribution in [2.75, 3.05) is 23.7 Å². The van der Waals surface area contributed by atoms with Crippen molar-refractivity contribution in [2.45, 2.75) is 38.8 Å². The molecule has 1 aromatic carbocycles. The van der Waals surface area contributed by atoms with E-state index in [-0.39, 0.29) is 23.6 Å². The monoisotopic (exact) mass is 398 g/mol. The number of benzene rings is 1. The number of aromatic nitrogens is 2. The average molecular weight is 398 g/mol. The van der Waals surface area contributed by atoms with Gasteiger partial charge in [0.15, 0.2) is 0 Å². The Morgan fingerprint density at radius 1 is 1.41 bits per heavy atom. The highest BCUT2D eigenvalue weighted by atomic mass is 19.1. The summed E-state index contributed by atoms with van der Waals surface area (Å²) < 4.78 is 14.0. The average Bonchev–Trinajstić information content (AvgIpc) is 2.67. The zero-order valence-electron chi connectivity index (χ0n) is 16.3. The molecule has 0 bridgehead atoms. The molecule has 2 heterocycles. The Morgan fingerprint density at radius 2 is 2.17 bits per heavy atom. The quantitative estimate of drug-likeness (QED) is 0.812. The Kier molecular flexibility index (Phi) is 5.82. The van der Waals surface area contributed by atoms with Gasteiger partial charge in [0.25, 0.3) is 0 Å². The highest BCUT2D eigenvalue weighted by Gasteiger charge is 2.31. The minimum Gasteiger partial charge on any atom is -0.465 e. The van der Waals surface area contributed by atoms with Gasteiger partial charge in [-0.2, -0.15) is 10.2 Å². The lowest BCUT2D eigenvalue weighted by Crippen LogP contribution is -2.52. The molecule has 1 amide bonds. The summed E-state index contributed by atoms with van der Waals surface area (Å²) in [5.41, 5.74) is 6.77. The summed E-state index contributed by atoms with van der Waals surface area (Å²) in [6.45, 7) is 4.91. The number of nitrogens with two attached hydrogens (primary N) is 1. The number of nitriles is 1. The van der Waals surface area contributed by atoms with Crippen molar-refractivity contribution in [3.05, 3.63) is 35.6 Å². The van der Waals surface area contributed by atoms with Gasteiger partial charge >= 0.3 is 6.09 Å². The van der Waals surface area contributed by atoms with Crippen molar-refractivity contribution in [3.8, 4) is 17.3 Å². The molecule has 1 aliphatic heterocycles. The van der Waals surface area contributed by atoms with E-state index in [2.05, 4.69) is 9.97 Å². The van der Waals surface area contributed by atoms with E-state index < -0.39 is 11.9 Å². The van der Waals surface area contributed by atoms with Crippen LogP contribution >= 0.6 is 0 Å². The standard InChI is InChI=1S/C20H23FN6O2/c1-12(2)27(20(28)29)15-4-3-7-26(11-15)18-9-17(24-19(23)25-18)13-5-6-14(10-22)16(21)8-13/h5-6,8-9,12,15H,3-4,7,11H2,1-2H3,(H,28,29)(H2,23,24,25)/t15-/m1/s1. The first-order valence-electron chi connectivity index (χ1n) is 9.41. The van der Waals surface area contributed by atoms with Crippen LogP contribution in [0.25, 0.3) is 11.3 Å². The van der Waals surface area contributed by atoms with E-state index in [4.69, 9.17) is 11.0 Å². The molecule has 152 valence electrons. The number of amides is 1. The van der Waals surface area contributed by atoms with Gasteiger partial charge in [-0.15, -0.1) is 0 Å². The minimum atomic E-state index is -0.942. The summed E-state index contributed by atoms with van der Waals surface area (Å²) >= 11 is 0. The van der Waals surface area contributed by atoms with Crippen molar-refractivity contribution in [1.82, 2.24) is 14.9 Å². The highest BCUT2D eigenvalue weighted by Crippen LogP contribution is 2.27. The van der Waals surface area contributed by atoms with Crippen molar-refractivity contribution in [2.24, 2.45) is 0 Å². The number of hydrogen-bond acceptors (Lipinski definition) is 6. The molecular weight excluding hydrogens is 375 g/mol. The molecule has 2 aromatic rings. The fourth-order valence-corrected chi connectivity index (χ4v) is 3.72. The van der Waals surface area contributed by atoms with Gasteiger partial charge in [-0.1, -0.05) is 6.07 Å². The highest BCUT2D eigenvalue weighted by molar-refractivity contribution is 5.67. The van der Waals surface area contributed by atoms with Gasteiger partial charge < -0.3 is 20.6 Å². The SMILES string of the molecule is CC(C)N(C(=O)O)[C@@H]1CCCN(c2cc(-c3ccc(C#N)c(F)c3)nc(N)n2)C1. The van der Waals surface area contributed by atoms with Crippen LogP contribution in [0, 0.1) is 17.1 Å². The van der Waals surface area contributed by atoms with Crippen molar-refractivity contribution in [1.29, 1.82) is 5.26 Å². The van der Waals surface area contributed by atoms with E-state index in [0.29, 0.717) is 30.2 Å². The Morgan fingerprint density at radius 3 is 2.79 bits per heavy atom.